The van der Waals surface area contributed by atoms with Gasteiger partial charge in [0.25, 0.3) is 0 Å². The van der Waals surface area contributed by atoms with Crippen LogP contribution in [0.3, 0.4) is 0 Å². The quantitative estimate of drug-likeness (QED) is 0.430. The van der Waals surface area contributed by atoms with Crippen LogP contribution >= 0.6 is 0 Å². The second kappa shape index (κ2) is 11.0. The number of hydrogen-bond donors (Lipinski definition) is 0. The summed E-state index contributed by atoms with van der Waals surface area (Å²) in [5, 5.41) is 0. The molecule has 74 valence electrons. The van der Waals surface area contributed by atoms with Gasteiger partial charge in [0.15, 0.2) is 0 Å². The van der Waals surface area contributed by atoms with E-state index in [0.717, 1.165) is 5.92 Å². The molecule has 1 aliphatic rings. The summed E-state index contributed by atoms with van der Waals surface area (Å²) in [5.41, 5.74) is 0. The van der Waals surface area contributed by atoms with Crippen molar-refractivity contribution in [2.24, 2.45) is 5.92 Å². The maximum atomic E-state index is 3.75. The van der Waals surface area contributed by atoms with Crippen LogP contribution in [0.1, 0.15) is 26.7 Å². The molecule has 0 amide bonds. The lowest BCUT2D eigenvalue weighted by Crippen LogP contribution is -1.96. The van der Waals surface area contributed by atoms with Crippen LogP contribution in [0.15, 0.2) is 50.1 Å². The maximum absolute atomic E-state index is 3.75. The van der Waals surface area contributed by atoms with Crippen molar-refractivity contribution in [3.05, 3.63) is 50.1 Å². The zero-order chi connectivity index (χ0) is 9.23. The van der Waals surface area contributed by atoms with Gasteiger partial charge >= 0.3 is 0 Å². The highest BCUT2D eigenvalue weighted by Gasteiger charge is 2.02. The third-order valence-electron chi connectivity index (χ3n) is 1.81. The van der Waals surface area contributed by atoms with Gasteiger partial charge in [0, 0.05) is 0 Å². The predicted octanol–water partition coefficient (Wildman–Crippen LogP) is 4.52. The lowest BCUT2D eigenvalue weighted by atomic mass is 9.95. The van der Waals surface area contributed by atoms with Gasteiger partial charge in [0.2, 0.25) is 0 Å². The van der Waals surface area contributed by atoms with Crippen LogP contribution < -0.4 is 0 Å². The summed E-state index contributed by atoms with van der Waals surface area (Å²) < 4.78 is 0. The SMILES string of the molecule is C.C=CC1CC=CCC1.C=CC=C. The minimum atomic E-state index is 0. The predicted molar refractivity (Wildman–Crippen MR) is 63.8 cm³/mol. The fraction of sp³-hybridized carbons (Fsp3) is 0.385. The Balaban J connectivity index is 0. The highest BCUT2D eigenvalue weighted by atomic mass is 14.1. The van der Waals surface area contributed by atoms with Crippen LogP contribution in [0.2, 0.25) is 0 Å². The molecule has 0 saturated heterocycles. The zero-order valence-electron chi connectivity index (χ0n) is 7.71. The molecule has 0 nitrogen and oxygen atoms in total. The van der Waals surface area contributed by atoms with Crippen molar-refractivity contribution in [1.29, 1.82) is 0 Å². The van der Waals surface area contributed by atoms with E-state index in [2.05, 4.69) is 38.0 Å². The van der Waals surface area contributed by atoms with Crippen LogP contribution in [-0.4, -0.2) is 0 Å². The smallest absolute Gasteiger partial charge is 0.0199 e. The first-order valence-electron chi connectivity index (χ1n) is 4.36. The van der Waals surface area contributed by atoms with Crippen molar-refractivity contribution in [3.63, 3.8) is 0 Å². The first-order valence-corrected chi connectivity index (χ1v) is 4.36. The molecule has 0 heterocycles. The van der Waals surface area contributed by atoms with Crippen LogP contribution in [-0.2, 0) is 0 Å². The van der Waals surface area contributed by atoms with E-state index >= 15 is 0 Å². The van der Waals surface area contributed by atoms with Gasteiger partial charge < -0.3 is 0 Å². The fourth-order valence-electron chi connectivity index (χ4n) is 1.03. The maximum Gasteiger partial charge on any atom is -0.0199 e. The molecule has 0 heteroatoms. The van der Waals surface area contributed by atoms with Gasteiger partial charge in [-0.15, -0.1) is 6.58 Å². The van der Waals surface area contributed by atoms with Gasteiger partial charge in [-0.2, -0.15) is 0 Å². The van der Waals surface area contributed by atoms with Crippen molar-refractivity contribution < 1.29 is 0 Å². The number of allylic oxidation sites excluding steroid dienone is 5. The van der Waals surface area contributed by atoms with Gasteiger partial charge in [-0.05, 0) is 25.2 Å². The number of rotatable bonds is 2. The van der Waals surface area contributed by atoms with Crippen molar-refractivity contribution >= 4 is 0 Å². The van der Waals surface area contributed by atoms with E-state index < -0.39 is 0 Å². The van der Waals surface area contributed by atoms with E-state index in [4.69, 9.17) is 0 Å². The largest absolute Gasteiger partial charge is 0.103 e. The molecule has 0 radical (unpaired) electrons. The van der Waals surface area contributed by atoms with E-state index in [9.17, 15) is 0 Å². The Morgan fingerprint density at radius 2 is 1.69 bits per heavy atom. The molecule has 0 spiro atoms. The van der Waals surface area contributed by atoms with Crippen molar-refractivity contribution in [3.8, 4) is 0 Å². The van der Waals surface area contributed by atoms with Crippen LogP contribution in [0.5, 0.6) is 0 Å². The monoisotopic (exact) mass is 178 g/mol. The molecule has 13 heavy (non-hydrogen) atoms. The van der Waals surface area contributed by atoms with E-state index in [1.165, 1.54) is 19.3 Å². The molecule has 1 aliphatic carbocycles. The van der Waals surface area contributed by atoms with Gasteiger partial charge in [0.1, 0.15) is 0 Å². The summed E-state index contributed by atoms with van der Waals surface area (Å²) in [6, 6.07) is 0. The second-order valence-corrected chi connectivity index (χ2v) is 2.75. The summed E-state index contributed by atoms with van der Waals surface area (Å²) in [7, 11) is 0. The highest BCUT2D eigenvalue weighted by molar-refractivity contribution is 4.95. The van der Waals surface area contributed by atoms with E-state index in [-0.39, 0.29) is 7.43 Å². The highest BCUT2D eigenvalue weighted by Crippen LogP contribution is 2.17. The summed E-state index contributed by atoms with van der Waals surface area (Å²) in [5.74, 6) is 0.764. The molecule has 0 bridgehead atoms. The topological polar surface area (TPSA) is 0 Å². The van der Waals surface area contributed by atoms with Gasteiger partial charge in [-0.1, -0.05) is 51.0 Å². The molecule has 0 fully saturated rings. The molecule has 1 unspecified atom stereocenters. The van der Waals surface area contributed by atoms with Crippen LogP contribution in [0.25, 0.3) is 0 Å². The summed E-state index contributed by atoms with van der Waals surface area (Å²) in [6.07, 6.45) is 13.6. The van der Waals surface area contributed by atoms with E-state index in [1.54, 1.807) is 12.2 Å². The Bertz CT molecular complexity index is 157. The zero-order valence-corrected chi connectivity index (χ0v) is 7.71. The average molecular weight is 178 g/mol. The third-order valence-corrected chi connectivity index (χ3v) is 1.81. The Hall–Kier alpha value is -1.04. The average Bonchev–Trinajstić information content (AvgIpc) is 2.19. The minimum Gasteiger partial charge on any atom is -0.103 e. The van der Waals surface area contributed by atoms with Gasteiger partial charge in [-0.3, -0.25) is 0 Å². The molecule has 0 aliphatic heterocycles. The number of hydrogen-bond acceptors (Lipinski definition) is 0. The van der Waals surface area contributed by atoms with Crippen LogP contribution in [0.4, 0.5) is 0 Å². The molecular weight excluding hydrogens is 156 g/mol. The third kappa shape index (κ3) is 8.87. The summed E-state index contributed by atoms with van der Waals surface area (Å²) in [6.45, 7) is 10.5. The standard InChI is InChI=1S/C8H12.C4H6.CH4/c1-2-8-6-4-3-5-7-8;1-3-4-2;/h2-4,8H,1,5-7H2;3-4H,1-2H2;1H4. The van der Waals surface area contributed by atoms with Crippen molar-refractivity contribution in [1.82, 2.24) is 0 Å². The Kier molecular flexibility index (Phi) is 12.2. The van der Waals surface area contributed by atoms with Crippen LogP contribution in [0, 0.1) is 5.92 Å². The first-order chi connectivity index (χ1) is 5.85. The molecular formula is C13H22. The molecule has 0 saturated carbocycles. The molecule has 1 atom stereocenters. The fourth-order valence-corrected chi connectivity index (χ4v) is 1.03. The van der Waals surface area contributed by atoms with Crippen molar-refractivity contribution in [2.75, 3.05) is 0 Å². The van der Waals surface area contributed by atoms with Gasteiger partial charge in [-0.25, -0.2) is 0 Å². The Morgan fingerprint density at radius 1 is 1.08 bits per heavy atom. The van der Waals surface area contributed by atoms with Crippen molar-refractivity contribution in [2.45, 2.75) is 26.7 Å². The lowest BCUT2D eigenvalue weighted by molar-refractivity contribution is 0.585. The summed E-state index contributed by atoms with van der Waals surface area (Å²) >= 11 is 0. The molecule has 0 N–H and O–H groups in total. The lowest BCUT2D eigenvalue weighted by Gasteiger charge is -2.11. The minimum absolute atomic E-state index is 0. The summed E-state index contributed by atoms with van der Waals surface area (Å²) in [4.78, 5) is 0. The van der Waals surface area contributed by atoms with Gasteiger partial charge in [0.05, 0.1) is 0 Å². The Labute approximate surface area is 83.4 Å². The van der Waals surface area contributed by atoms with E-state index in [0.29, 0.717) is 0 Å². The molecule has 0 aromatic heterocycles. The Morgan fingerprint density at radius 3 is 1.92 bits per heavy atom. The normalized spacial score (nSPS) is 18.6. The molecule has 0 aromatic rings. The first kappa shape index (κ1) is 14.5. The van der Waals surface area contributed by atoms with E-state index in [1.807, 2.05) is 0 Å². The molecule has 0 aromatic carbocycles. The second-order valence-electron chi connectivity index (χ2n) is 2.75. The molecule has 1 rings (SSSR count).